The third kappa shape index (κ3) is 5.59. The fraction of sp³-hybridized carbons (Fsp3) is 0.650. The van der Waals surface area contributed by atoms with Crippen molar-refractivity contribution in [3.63, 3.8) is 0 Å². The average Bonchev–Trinajstić information content (AvgIpc) is 2.52. The van der Waals surface area contributed by atoms with E-state index in [0.717, 1.165) is 36.9 Å². The van der Waals surface area contributed by atoms with Crippen LogP contribution in [0.25, 0.3) is 0 Å². The van der Waals surface area contributed by atoms with E-state index in [4.69, 9.17) is 0 Å². The summed E-state index contributed by atoms with van der Waals surface area (Å²) in [6.07, 6.45) is 2.10. The second kappa shape index (κ2) is 9.00. The van der Waals surface area contributed by atoms with E-state index in [1.54, 1.807) is 0 Å². The number of rotatable bonds is 6. The predicted molar refractivity (Wildman–Crippen MR) is 104 cm³/mol. The molecule has 0 aromatic heterocycles. The average molecular weight is 395 g/mol. The lowest BCUT2D eigenvalue weighted by Crippen LogP contribution is -2.48. The quantitative estimate of drug-likeness (QED) is 0.772. The maximum Gasteiger partial charge on any atom is 0.224 e. The van der Waals surface area contributed by atoms with Crippen molar-refractivity contribution in [2.45, 2.75) is 53.1 Å². The van der Waals surface area contributed by atoms with Gasteiger partial charge in [-0.05, 0) is 48.9 Å². The van der Waals surface area contributed by atoms with Gasteiger partial charge in [-0.25, -0.2) is 0 Å². The Bertz CT molecular complexity index is 536. The topological polar surface area (TPSA) is 32.3 Å². The predicted octanol–water partition coefficient (Wildman–Crippen LogP) is 4.46. The number of halogens is 1. The molecule has 0 spiro atoms. The molecule has 3 nitrogen and oxygen atoms in total. The van der Waals surface area contributed by atoms with Crippen molar-refractivity contribution in [3.05, 3.63) is 34.3 Å². The molecule has 0 radical (unpaired) electrons. The molecule has 1 aliphatic heterocycles. The molecule has 1 aromatic rings. The van der Waals surface area contributed by atoms with Gasteiger partial charge in [-0.15, -0.1) is 0 Å². The fourth-order valence-electron chi connectivity index (χ4n) is 3.69. The monoisotopic (exact) mass is 394 g/mol. The maximum atomic E-state index is 12.7. The molecule has 1 aliphatic rings. The van der Waals surface area contributed by atoms with Crippen LogP contribution in [0.2, 0.25) is 0 Å². The standard InChI is InChI=1S/C20H31BrN2O/c1-14(2)19(15(3)4)22-20(24)17-8-6-10-23(13-17)12-16-7-5-9-18(21)11-16/h5,7,9,11,14-15,17,19H,6,8,10,12-13H2,1-4H3,(H,22,24). The van der Waals surface area contributed by atoms with Gasteiger partial charge < -0.3 is 5.32 Å². The van der Waals surface area contributed by atoms with Crippen LogP contribution in [0.4, 0.5) is 0 Å². The highest BCUT2D eigenvalue weighted by atomic mass is 79.9. The highest BCUT2D eigenvalue weighted by Gasteiger charge is 2.28. The van der Waals surface area contributed by atoms with Crippen molar-refractivity contribution < 1.29 is 4.79 Å². The van der Waals surface area contributed by atoms with Crippen LogP contribution in [0.5, 0.6) is 0 Å². The Hall–Kier alpha value is -0.870. The molecule has 134 valence electrons. The van der Waals surface area contributed by atoms with Crippen molar-refractivity contribution in [2.75, 3.05) is 13.1 Å². The zero-order valence-corrected chi connectivity index (χ0v) is 17.0. The van der Waals surface area contributed by atoms with Crippen molar-refractivity contribution in [1.29, 1.82) is 0 Å². The minimum absolute atomic E-state index is 0.117. The van der Waals surface area contributed by atoms with Crippen LogP contribution in [0, 0.1) is 17.8 Å². The number of nitrogens with one attached hydrogen (secondary N) is 1. The molecular formula is C20H31BrN2O. The molecule has 1 saturated heterocycles. The summed E-state index contributed by atoms with van der Waals surface area (Å²) >= 11 is 3.53. The first kappa shape index (κ1) is 19.5. The summed E-state index contributed by atoms with van der Waals surface area (Å²) in [5, 5.41) is 3.31. The van der Waals surface area contributed by atoms with E-state index in [9.17, 15) is 4.79 Å². The van der Waals surface area contributed by atoms with Gasteiger partial charge in [-0.1, -0.05) is 55.8 Å². The van der Waals surface area contributed by atoms with E-state index in [1.807, 2.05) is 6.07 Å². The van der Waals surface area contributed by atoms with E-state index < -0.39 is 0 Å². The molecule has 4 heteroatoms. The van der Waals surface area contributed by atoms with Crippen LogP contribution in [-0.4, -0.2) is 29.9 Å². The first-order valence-corrected chi connectivity index (χ1v) is 9.93. The number of hydrogen-bond acceptors (Lipinski definition) is 2. The smallest absolute Gasteiger partial charge is 0.224 e. The van der Waals surface area contributed by atoms with Crippen LogP contribution in [0.15, 0.2) is 28.7 Å². The van der Waals surface area contributed by atoms with Gasteiger partial charge >= 0.3 is 0 Å². The van der Waals surface area contributed by atoms with Gasteiger partial charge in [0.15, 0.2) is 0 Å². The molecule has 1 unspecified atom stereocenters. The first-order chi connectivity index (χ1) is 11.4. The molecular weight excluding hydrogens is 364 g/mol. The Morgan fingerprint density at radius 1 is 1.29 bits per heavy atom. The molecule has 1 atom stereocenters. The number of hydrogen-bond donors (Lipinski definition) is 1. The number of piperidine rings is 1. The lowest BCUT2D eigenvalue weighted by Gasteiger charge is -2.34. The minimum Gasteiger partial charge on any atom is -0.353 e. The van der Waals surface area contributed by atoms with Crippen LogP contribution in [-0.2, 0) is 11.3 Å². The first-order valence-electron chi connectivity index (χ1n) is 9.14. The molecule has 1 fully saturated rings. The Labute approximate surface area is 155 Å². The van der Waals surface area contributed by atoms with Crippen LogP contribution in [0.1, 0.15) is 46.1 Å². The Kier molecular flexibility index (Phi) is 7.30. The zero-order chi connectivity index (χ0) is 17.7. The number of benzene rings is 1. The van der Waals surface area contributed by atoms with Gasteiger partial charge in [0.25, 0.3) is 0 Å². The summed E-state index contributed by atoms with van der Waals surface area (Å²) in [4.78, 5) is 15.1. The van der Waals surface area contributed by atoms with Gasteiger partial charge in [-0.2, -0.15) is 0 Å². The molecule has 0 bridgehead atoms. The van der Waals surface area contributed by atoms with Gasteiger partial charge in [0, 0.05) is 23.6 Å². The van der Waals surface area contributed by atoms with Crippen molar-refractivity contribution >= 4 is 21.8 Å². The summed E-state index contributed by atoms with van der Waals surface area (Å²) in [5.74, 6) is 1.29. The number of carbonyl (C=O) groups excluding carboxylic acids is 1. The second-order valence-corrected chi connectivity index (χ2v) is 8.64. The molecule has 1 heterocycles. The Morgan fingerprint density at radius 2 is 2.00 bits per heavy atom. The Morgan fingerprint density at radius 3 is 2.62 bits per heavy atom. The number of carbonyl (C=O) groups is 1. The summed E-state index contributed by atoms with van der Waals surface area (Å²) in [6.45, 7) is 11.6. The van der Waals surface area contributed by atoms with Crippen LogP contribution in [0.3, 0.4) is 0 Å². The normalized spacial score (nSPS) is 19.2. The van der Waals surface area contributed by atoms with Gasteiger partial charge in [0.2, 0.25) is 5.91 Å². The fourth-order valence-corrected chi connectivity index (χ4v) is 4.14. The molecule has 1 N–H and O–H groups in total. The van der Waals surface area contributed by atoms with Crippen molar-refractivity contribution in [1.82, 2.24) is 10.2 Å². The van der Waals surface area contributed by atoms with Crippen LogP contribution >= 0.6 is 15.9 Å². The lowest BCUT2D eigenvalue weighted by atomic mass is 9.91. The summed E-state index contributed by atoms with van der Waals surface area (Å²) < 4.78 is 1.11. The molecule has 0 aliphatic carbocycles. The van der Waals surface area contributed by atoms with E-state index in [2.05, 4.69) is 72.0 Å². The van der Waals surface area contributed by atoms with E-state index in [-0.39, 0.29) is 17.9 Å². The maximum absolute atomic E-state index is 12.7. The number of likely N-dealkylation sites (tertiary alicyclic amines) is 1. The number of amides is 1. The Balaban J connectivity index is 1.93. The van der Waals surface area contributed by atoms with Crippen molar-refractivity contribution in [2.24, 2.45) is 17.8 Å². The summed E-state index contributed by atoms with van der Waals surface area (Å²) in [6, 6.07) is 8.70. The largest absolute Gasteiger partial charge is 0.353 e. The molecule has 0 saturated carbocycles. The van der Waals surface area contributed by atoms with Gasteiger partial charge in [-0.3, -0.25) is 9.69 Å². The summed E-state index contributed by atoms with van der Waals surface area (Å²) in [7, 11) is 0. The SMILES string of the molecule is CC(C)C(NC(=O)C1CCCN(Cc2cccc(Br)c2)C1)C(C)C. The van der Waals surface area contributed by atoms with Crippen molar-refractivity contribution in [3.8, 4) is 0 Å². The minimum atomic E-state index is 0.117. The van der Waals surface area contributed by atoms with E-state index >= 15 is 0 Å². The molecule has 1 aromatic carbocycles. The highest BCUT2D eigenvalue weighted by Crippen LogP contribution is 2.21. The molecule has 24 heavy (non-hydrogen) atoms. The van der Waals surface area contributed by atoms with Crippen LogP contribution < -0.4 is 5.32 Å². The van der Waals surface area contributed by atoms with E-state index in [1.165, 1.54) is 5.56 Å². The number of nitrogens with zero attached hydrogens (tertiary/aromatic N) is 1. The molecule has 2 rings (SSSR count). The van der Waals surface area contributed by atoms with Gasteiger partial charge in [0.1, 0.15) is 0 Å². The molecule has 1 amide bonds. The van der Waals surface area contributed by atoms with E-state index in [0.29, 0.717) is 11.8 Å². The second-order valence-electron chi connectivity index (χ2n) is 7.73. The third-order valence-electron chi connectivity index (χ3n) is 4.92. The highest BCUT2D eigenvalue weighted by molar-refractivity contribution is 9.10. The van der Waals surface area contributed by atoms with Gasteiger partial charge in [0.05, 0.1) is 5.92 Å². The zero-order valence-electron chi connectivity index (χ0n) is 15.4. The lowest BCUT2D eigenvalue weighted by molar-refractivity contribution is -0.128. The summed E-state index contributed by atoms with van der Waals surface area (Å²) in [5.41, 5.74) is 1.30. The third-order valence-corrected chi connectivity index (χ3v) is 5.41.